The summed E-state index contributed by atoms with van der Waals surface area (Å²) in [5.41, 5.74) is 4.32. The van der Waals surface area contributed by atoms with Gasteiger partial charge in [-0.1, -0.05) is 77.9 Å². The summed E-state index contributed by atoms with van der Waals surface area (Å²) < 4.78 is 24.9. The van der Waals surface area contributed by atoms with Crippen molar-refractivity contribution in [3.8, 4) is 11.1 Å². The molecule has 174 valence electrons. The van der Waals surface area contributed by atoms with Crippen LogP contribution in [0.25, 0.3) is 11.1 Å². The van der Waals surface area contributed by atoms with Gasteiger partial charge >= 0.3 is 15.2 Å². The summed E-state index contributed by atoms with van der Waals surface area (Å²) in [6.45, 7) is 5.76. The van der Waals surface area contributed by atoms with Gasteiger partial charge in [0.15, 0.2) is 4.90 Å². The molecule has 0 amide bonds. The number of hydrogen-bond donors (Lipinski definition) is 4. The zero-order chi connectivity index (χ0) is 24.0. The molecular weight excluding hydrogens is 446 g/mol. The van der Waals surface area contributed by atoms with Gasteiger partial charge in [0, 0.05) is 6.42 Å². The van der Waals surface area contributed by atoms with Crippen LogP contribution in [0.2, 0.25) is 0 Å². The predicted molar refractivity (Wildman–Crippen MR) is 129 cm³/mol. The Labute approximate surface area is 190 Å². The molecule has 0 fully saturated rings. The Morgan fingerprint density at radius 3 is 1.84 bits per heavy atom. The molecule has 0 unspecified atom stereocenters. The van der Waals surface area contributed by atoms with Crippen molar-refractivity contribution >= 4 is 15.2 Å². The molecule has 2 rings (SSSR count). The molecule has 0 saturated heterocycles. The summed E-state index contributed by atoms with van der Waals surface area (Å²) >= 11 is 0. The fourth-order valence-corrected chi connectivity index (χ4v) is 6.28. The molecule has 0 heterocycles. The molecule has 0 atom stereocenters. The van der Waals surface area contributed by atoms with E-state index >= 15 is 0 Å². The lowest BCUT2D eigenvalue weighted by atomic mass is 10.0. The van der Waals surface area contributed by atoms with E-state index in [2.05, 4.69) is 0 Å². The van der Waals surface area contributed by atoms with E-state index in [0.717, 1.165) is 28.7 Å². The Balaban J connectivity index is 2.36. The number of rotatable bonds is 10. The molecule has 6 nitrogen and oxygen atoms in total. The molecule has 0 aromatic heterocycles. The minimum Gasteiger partial charge on any atom is -0.324 e. The largest absolute Gasteiger partial charge is 0.344 e. The summed E-state index contributed by atoms with van der Waals surface area (Å²) in [6, 6.07) is 16.5. The molecule has 4 N–H and O–H groups in total. The molecule has 32 heavy (non-hydrogen) atoms. The van der Waals surface area contributed by atoms with E-state index in [1.54, 1.807) is 37.3 Å². The minimum atomic E-state index is -5.18. The van der Waals surface area contributed by atoms with Crippen molar-refractivity contribution in [2.45, 2.75) is 51.4 Å². The molecule has 8 heteroatoms. The van der Waals surface area contributed by atoms with Gasteiger partial charge in [-0.2, -0.15) is 0 Å². The van der Waals surface area contributed by atoms with Gasteiger partial charge < -0.3 is 19.6 Å². The second-order valence-electron chi connectivity index (χ2n) is 8.38. The van der Waals surface area contributed by atoms with Crippen molar-refractivity contribution in [3.63, 3.8) is 0 Å². The van der Waals surface area contributed by atoms with Gasteiger partial charge in [-0.3, -0.25) is 9.13 Å². The van der Waals surface area contributed by atoms with Crippen LogP contribution in [0.3, 0.4) is 0 Å². The maximum absolute atomic E-state index is 12.5. The smallest absolute Gasteiger partial charge is 0.324 e. The average molecular weight is 478 g/mol. The predicted octanol–water partition coefficient (Wildman–Crippen LogP) is 6.03. The number of allylic oxidation sites excluding steroid dienone is 4. The fourth-order valence-electron chi connectivity index (χ4n) is 3.49. The second kappa shape index (κ2) is 10.9. The van der Waals surface area contributed by atoms with Crippen molar-refractivity contribution in [2.75, 3.05) is 0 Å². The highest BCUT2D eigenvalue weighted by atomic mass is 31.2. The zero-order valence-electron chi connectivity index (χ0n) is 18.7. The molecule has 2 aromatic rings. The summed E-state index contributed by atoms with van der Waals surface area (Å²) in [5, 5.41) is 0. The van der Waals surface area contributed by atoms with E-state index < -0.39 is 32.9 Å². The lowest BCUT2D eigenvalue weighted by Crippen LogP contribution is -2.31. The van der Waals surface area contributed by atoms with Crippen LogP contribution in [0, 0.1) is 0 Å². The van der Waals surface area contributed by atoms with Crippen molar-refractivity contribution in [1.29, 1.82) is 0 Å². The first-order valence-electron chi connectivity index (χ1n) is 10.4. The third kappa shape index (κ3) is 6.86. The van der Waals surface area contributed by atoms with Crippen molar-refractivity contribution in [2.24, 2.45) is 0 Å². The van der Waals surface area contributed by atoms with Crippen molar-refractivity contribution in [3.05, 3.63) is 83.5 Å². The first kappa shape index (κ1) is 26.5. The van der Waals surface area contributed by atoms with Gasteiger partial charge in [0.25, 0.3) is 0 Å². The van der Waals surface area contributed by atoms with Crippen LogP contribution < -0.4 is 0 Å². The van der Waals surface area contributed by atoms with Gasteiger partial charge in [0.1, 0.15) is 0 Å². The Bertz CT molecular complexity index is 1020. The first-order chi connectivity index (χ1) is 14.9. The second-order valence-corrected chi connectivity index (χ2v) is 12.6. The van der Waals surface area contributed by atoms with Crippen LogP contribution in [0.1, 0.15) is 45.6 Å². The van der Waals surface area contributed by atoms with E-state index in [4.69, 9.17) is 0 Å². The Hall–Kier alpha value is -1.78. The summed E-state index contributed by atoms with van der Waals surface area (Å²) in [4.78, 5) is 37.9. The molecule has 0 spiro atoms. The van der Waals surface area contributed by atoms with E-state index in [1.807, 2.05) is 50.3 Å². The summed E-state index contributed by atoms with van der Waals surface area (Å²) in [6.07, 6.45) is 4.15. The van der Waals surface area contributed by atoms with E-state index in [1.165, 1.54) is 0 Å². The average Bonchev–Trinajstić information content (AvgIpc) is 2.70. The summed E-state index contributed by atoms with van der Waals surface area (Å²) in [5.74, 6) is 0. The maximum atomic E-state index is 12.5. The van der Waals surface area contributed by atoms with Crippen LogP contribution >= 0.6 is 15.2 Å². The topological polar surface area (TPSA) is 115 Å². The molecule has 2 aromatic carbocycles. The van der Waals surface area contributed by atoms with Crippen LogP contribution in [-0.2, 0) is 15.6 Å². The normalized spacial score (nSPS) is 13.2. The van der Waals surface area contributed by atoms with E-state index in [9.17, 15) is 28.7 Å². The van der Waals surface area contributed by atoms with Gasteiger partial charge in [0.05, 0.1) is 0 Å². The quantitative estimate of drug-likeness (QED) is 0.245. The Morgan fingerprint density at radius 2 is 1.34 bits per heavy atom. The van der Waals surface area contributed by atoms with Crippen molar-refractivity contribution in [1.82, 2.24) is 0 Å². The zero-order valence-corrected chi connectivity index (χ0v) is 20.5. The monoisotopic (exact) mass is 478 g/mol. The maximum Gasteiger partial charge on any atom is 0.344 e. The molecule has 0 saturated carbocycles. The first-order valence-corrected chi connectivity index (χ1v) is 13.6. The minimum absolute atomic E-state index is 0.414. The van der Waals surface area contributed by atoms with Gasteiger partial charge in [-0.05, 0) is 56.7 Å². The van der Waals surface area contributed by atoms with Gasteiger partial charge in [-0.15, -0.1) is 0 Å². The summed E-state index contributed by atoms with van der Waals surface area (Å²) in [7, 11) is -10.4. The van der Waals surface area contributed by atoms with Gasteiger partial charge in [0.2, 0.25) is 0 Å². The van der Waals surface area contributed by atoms with E-state index in [-0.39, 0.29) is 0 Å². The third-order valence-electron chi connectivity index (χ3n) is 5.50. The Kier molecular flexibility index (Phi) is 9.01. The highest BCUT2D eigenvalue weighted by Crippen LogP contribution is 2.72. The van der Waals surface area contributed by atoms with E-state index in [0.29, 0.717) is 12.0 Å². The van der Waals surface area contributed by atoms with Crippen LogP contribution in [0.15, 0.2) is 77.9 Å². The molecule has 0 aliphatic rings. The SMILES string of the molecule is CC(C)=CCC/C(C)=C/CC(Cc1ccc(-c2ccccc2)cc1)(P(=O)(O)O)P(=O)(O)O. The third-order valence-corrected chi connectivity index (χ3v) is 9.91. The van der Waals surface area contributed by atoms with Crippen LogP contribution in [-0.4, -0.2) is 24.5 Å². The number of hydrogen-bond acceptors (Lipinski definition) is 2. The molecular formula is C24H32O6P2. The number of benzene rings is 2. The highest BCUT2D eigenvalue weighted by Gasteiger charge is 2.59. The highest BCUT2D eigenvalue weighted by molar-refractivity contribution is 7.72. The molecule has 0 aliphatic carbocycles. The Morgan fingerprint density at radius 1 is 0.812 bits per heavy atom. The molecule has 0 radical (unpaired) electrons. The lowest BCUT2D eigenvalue weighted by molar-refractivity contribution is 0.305. The standard InChI is InChI=1S/C24H32O6P2/c1-19(2)8-7-9-20(3)16-17-24(31(25,26)27,32(28,29)30)18-21-12-14-23(15-13-21)22-10-5-4-6-11-22/h4-6,8,10-16H,7,9,17-18H2,1-3H3,(H2,25,26,27)(H2,28,29,30)/b20-16+. The lowest BCUT2D eigenvalue weighted by Gasteiger charge is -2.34. The van der Waals surface area contributed by atoms with Gasteiger partial charge in [-0.25, -0.2) is 0 Å². The van der Waals surface area contributed by atoms with Crippen LogP contribution in [0.4, 0.5) is 0 Å². The van der Waals surface area contributed by atoms with Crippen molar-refractivity contribution < 1.29 is 28.7 Å². The van der Waals surface area contributed by atoms with Crippen LogP contribution in [0.5, 0.6) is 0 Å². The molecule has 0 aliphatic heterocycles. The fraction of sp³-hybridized carbons (Fsp3) is 0.333. The molecule has 0 bridgehead atoms.